The Balaban J connectivity index is 1.78. The number of carbonyl (C=O) groups is 1. The fourth-order valence-corrected chi connectivity index (χ4v) is 2.70. The number of rotatable bonds is 6. The Morgan fingerprint density at radius 2 is 1.83 bits per heavy atom. The van der Waals surface area contributed by atoms with Crippen LogP contribution in [0.15, 0.2) is 60.8 Å². The molecule has 0 saturated carbocycles. The van der Waals surface area contributed by atoms with Crippen molar-refractivity contribution < 1.29 is 22.7 Å². The highest BCUT2D eigenvalue weighted by Crippen LogP contribution is 2.36. The van der Waals surface area contributed by atoms with E-state index in [0.29, 0.717) is 17.2 Å². The molecule has 0 saturated heterocycles. The van der Waals surface area contributed by atoms with Crippen LogP contribution < -0.4 is 20.9 Å². The van der Waals surface area contributed by atoms with Gasteiger partial charge in [0.25, 0.3) is 5.91 Å². The molecule has 0 spiro atoms. The van der Waals surface area contributed by atoms with Crippen LogP contribution >= 0.6 is 11.6 Å². The number of halogens is 4. The first-order valence-electron chi connectivity index (χ1n) is 8.61. The molecule has 0 unspecified atom stereocenters. The number of nitrogens with zero attached hydrogens (tertiary/aromatic N) is 1. The zero-order chi connectivity index (χ0) is 21.7. The van der Waals surface area contributed by atoms with E-state index in [0.717, 1.165) is 12.1 Å². The van der Waals surface area contributed by atoms with Crippen molar-refractivity contribution in [1.82, 2.24) is 10.3 Å². The topological polar surface area (TPSA) is 75.3 Å². The maximum Gasteiger partial charge on any atom is 0.417 e. The number of hydrogen-bond donors (Lipinski definition) is 3. The van der Waals surface area contributed by atoms with E-state index in [1.807, 2.05) is 0 Å². The summed E-state index contributed by atoms with van der Waals surface area (Å²) in [6.45, 7) is 0. The number of alkyl halides is 3. The lowest BCUT2D eigenvalue weighted by atomic mass is 10.2. The van der Waals surface area contributed by atoms with E-state index in [9.17, 15) is 18.0 Å². The number of anilines is 2. The van der Waals surface area contributed by atoms with E-state index in [1.165, 1.54) is 25.4 Å². The predicted octanol–water partition coefficient (Wildman–Crippen LogP) is 5.34. The third-order valence-corrected chi connectivity index (χ3v) is 4.25. The Morgan fingerprint density at radius 3 is 2.57 bits per heavy atom. The fourth-order valence-electron chi connectivity index (χ4n) is 2.47. The van der Waals surface area contributed by atoms with Crippen LogP contribution in [0, 0.1) is 0 Å². The molecule has 0 aliphatic rings. The minimum atomic E-state index is -4.57. The predicted molar refractivity (Wildman–Crippen MR) is 108 cm³/mol. The average molecular weight is 437 g/mol. The van der Waals surface area contributed by atoms with Crippen LogP contribution in [0.1, 0.15) is 16.1 Å². The van der Waals surface area contributed by atoms with Gasteiger partial charge in [-0.25, -0.2) is 0 Å². The number of hydrazine groups is 1. The number of benzene rings is 2. The molecule has 0 atom stereocenters. The third-order valence-electron chi connectivity index (χ3n) is 3.92. The van der Waals surface area contributed by atoms with Gasteiger partial charge in [0, 0.05) is 19.3 Å². The van der Waals surface area contributed by atoms with Gasteiger partial charge in [-0.15, -0.1) is 0 Å². The Morgan fingerprint density at radius 1 is 1.07 bits per heavy atom. The minimum absolute atomic E-state index is 0.160. The van der Waals surface area contributed by atoms with Crippen LogP contribution in [0.2, 0.25) is 5.02 Å². The van der Waals surface area contributed by atoms with Gasteiger partial charge in [-0.3, -0.25) is 15.2 Å². The summed E-state index contributed by atoms with van der Waals surface area (Å²) in [5, 5.41) is 2.08. The number of carbonyl (C=O) groups excluding carboxylic acids is 1. The lowest BCUT2D eigenvalue weighted by Gasteiger charge is -2.16. The molecule has 0 aliphatic carbocycles. The van der Waals surface area contributed by atoms with Crippen LogP contribution in [0.5, 0.6) is 11.5 Å². The zero-order valence-electron chi connectivity index (χ0n) is 15.5. The second-order valence-electron chi connectivity index (χ2n) is 6.00. The highest BCUT2D eigenvalue weighted by Gasteiger charge is 2.33. The van der Waals surface area contributed by atoms with Gasteiger partial charge in [0.1, 0.15) is 11.4 Å². The number of aromatic nitrogens is 1. The lowest BCUT2D eigenvalue weighted by Crippen LogP contribution is -2.19. The third kappa shape index (κ3) is 5.12. The molecule has 156 valence electrons. The van der Waals surface area contributed by atoms with Gasteiger partial charge < -0.3 is 15.5 Å². The van der Waals surface area contributed by atoms with Crippen molar-refractivity contribution in [3.63, 3.8) is 0 Å². The summed E-state index contributed by atoms with van der Waals surface area (Å²) in [4.78, 5) is 15.7. The normalized spacial score (nSPS) is 11.0. The number of para-hydroxylation sites is 2. The number of nitrogens with one attached hydrogen (secondary N) is 3. The summed E-state index contributed by atoms with van der Waals surface area (Å²) < 4.78 is 44.9. The molecule has 3 aromatic rings. The SMILES string of the molecule is CNC(=O)c1cc(Oc2ccccc2NNc2ccc(Cl)c(C(F)(F)F)c2)ccn1. The van der Waals surface area contributed by atoms with Gasteiger partial charge in [0.05, 0.1) is 22.0 Å². The quantitative estimate of drug-likeness (QED) is 0.454. The standard InChI is InChI=1S/C20H16ClF3N4O2/c1-25-19(29)17-11-13(8-9-26-17)30-18-5-3-2-4-16(18)28-27-12-6-7-15(21)14(10-12)20(22,23)24/h2-11,27-28H,1H3,(H,25,29). The fraction of sp³-hybridized carbons (Fsp3) is 0.100. The lowest BCUT2D eigenvalue weighted by molar-refractivity contribution is -0.137. The molecule has 1 aromatic heterocycles. The maximum absolute atomic E-state index is 13.0. The van der Waals surface area contributed by atoms with E-state index in [-0.39, 0.29) is 22.3 Å². The van der Waals surface area contributed by atoms with E-state index in [1.54, 1.807) is 30.3 Å². The van der Waals surface area contributed by atoms with Gasteiger partial charge in [-0.1, -0.05) is 23.7 Å². The van der Waals surface area contributed by atoms with Crippen molar-refractivity contribution in [1.29, 1.82) is 0 Å². The Bertz CT molecular complexity index is 1060. The molecule has 1 amide bonds. The number of hydrogen-bond acceptors (Lipinski definition) is 5. The average Bonchev–Trinajstić information content (AvgIpc) is 2.73. The molecule has 0 fully saturated rings. The van der Waals surface area contributed by atoms with Crippen LogP contribution in [-0.2, 0) is 6.18 Å². The summed E-state index contributed by atoms with van der Waals surface area (Å²) in [7, 11) is 1.49. The maximum atomic E-state index is 13.0. The number of ether oxygens (including phenoxy) is 1. The molecule has 0 bridgehead atoms. The molecule has 10 heteroatoms. The van der Waals surface area contributed by atoms with E-state index in [2.05, 4.69) is 21.2 Å². The van der Waals surface area contributed by atoms with Gasteiger partial charge >= 0.3 is 6.18 Å². The smallest absolute Gasteiger partial charge is 0.417 e. The first kappa shape index (κ1) is 21.3. The largest absolute Gasteiger partial charge is 0.455 e. The van der Waals surface area contributed by atoms with Crippen LogP contribution in [0.25, 0.3) is 0 Å². The molecule has 2 aromatic carbocycles. The molecule has 0 radical (unpaired) electrons. The van der Waals surface area contributed by atoms with Crippen LogP contribution in [0.4, 0.5) is 24.5 Å². The van der Waals surface area contributed by atoms with Crippen molar-refractivity contribution in [3.8, 4) is 11.5 Å². The van der Waals surface area contributed by atoms with E-state index < -0.39 is 11.7 Å². The van der Waals surface area contributed by atoms with Crippen molar-refractivity contribution >= 4 is 28.9 Å². The Labute approximate surface area is 175 Å². The highest BCUT2D eigenvalue weighted by atomic mass is 35.5. The second kappa shape index (κ2) is 8.91. The van der Waals surface area contributed by atoms with Gasteiger partial charge in [0.2, 0.25) is 0 Å². The van der Waals surface area contributed by atoms with Crippen molar-refractivity contribution in [2.75, 3.05) is 17.9 Å². The summed E-state index contributed by atoms with van der Waals surface area (Å²) in [5.41, 5.74) is 5.37. The van der Waals surface area contributed by atoms with Crippen LogP contribution in [0.3, 0.4) is 0 Å². The monoisotopic (exact) mass is 436 g/mol. The molecular formula is C20H16ClF3N4O2. The summed E-state index contributed by atoms with van der Waals surface area (Å²) in [6, 6.07) is 13.3. The first-order valence-corrected chi connectivity index (χ1v) is 8.99. The summed E-state index contributed by atoms with van der Waals surface area (Å²) in [6.07, 6.45) is -3.14. The number of amides is 1. The van der Waals surface area contributed by atoms with Gasteiger partial charge in [-0.2, -0.15) is 13.2 Å². The summed E-state index contributed by atoms with van der Waals surface area (Å²) in [5.74, 6) is 0.379. The van der Waals surface area contributed by atoms with Gasteiger partial charge in [0.15, 0.2) is 5.75 Å². The minimum Gasteiger partial charge on any atom is -0.455 e. The molecular weight excluding hydrogens is 421 g/mol. The highest BCUT2D eigenvalue weighted by molar-refractivity contribution is 6.31. The van der Waals surface area contributed by atoms with Crippen molar-refractivity contribution in [3.05, 3.63) is 77.1 Å². The van der Waals surface area contributed by atoms with E-state index in [4.69, 9.17) is 16.3 Å². The van der Waals surface area contributed by atoms with Crippen molar-refractivity contribution in [2.45, 2.75) is 6.18 Å². The van der Waals surface area contributed by atoms with Gasteiger partial charge in [-0.05, 0) is 36.4 Å². The van der Waals surface area contributed by atoms with Crippen LogP contribution in [-0.4, -0.2) is 17.9 Å². The first-order chi connectivity index (χ1) is 14.3. The zero-order valence-corrected chi connectivity index (χ0v) is 16.3. The Kier molecular flexibility index (Phi) is 6.31. The number of pyridine rings is 1. The molecule has 3 rings (SSSR count). The van der Waals surface area contributed by atoms with Crippen molar-refractivity contribution in [2.24, 2.45) is 0 Å². The van der Waals surface area contributed by atoms with E-state index >= 15 is 0 Å². The second-order valence-corrected chi connectivity index (χ2v) is 6.40. The summed E-state index contributed by atoms with van der Waals surface area (Å²) >= 11 is 5.64. The Hall–Kier alpha value is -3.46. The molecule has 1 heterocycles. The molecule has 30 heavy (non-hydrogen) atoms. The molecule has 6 nitrogen and oxygen atoms in total. The molecule has 3 N–H and O–H groups in total. The molecule has 0 aliphatic heterocycles.